The van der Waals surface area contributed by atoms with E-state index in [1.807, 2.05) is 6.20 Å². The maximum absolute atomic E-state index is 10.0. The second-order valence-electron chi connectivity index (χ2n) is 9.17. The summed E-state index contributed by atoms with van der Waals surface area (Å²) in [6.07, 6.45) is 13.5. The molecule has 0 aromatic heterocycles. The minimum atomic E-state index is -1.49. The molecular weight excluding hydrogens is 426 g/mol. The third-order valence-electron chi connectivity index (χ3n) is 6.11. The lowest BCUT2D eigenvalue weighted by Gasteiger charge is -2.39. The van der Waals surface area contributed by atoms with Crippen molar-refractivity contribution in [2.24, 2.45) is 0 Å². The summed E-state index contributed by atoms with van der Waals surface area (Å²) in [5, 5.41) is 51.6. The summed E-state index contributed by atoms with van der Waals surface area (Å²) in [4.78, 5) is 0. The highest BCUT2D eigenvalue weighted by Gasteiger charge is 2.44. The largest absolute Gasteiger partial charge is 0.394 e. The normalized spacial score (nSPS) is 26.7. The minimum Gasteiger partial charge on any atom is -0.394 e. The molecule has 1 saturated heterocycles. The van der Waals surface area contributed by atoms with Gasteiger partial charge in [0.05, 0.1) is 19.3 Å². The molecule has 0 radical (unpaired) electrons. The van der Waals surface area contributed by atoms with Gasteiger partial charge in [0.25, 0.3) is 0 Å². The van der Waals surface area contributed by atoms with Crippen molar-refractivity contribution in [2.75, 3.05) is 19.8 Å². The minimum absolute atomic E-state index is 0.123. The van der Waals surface area contributed by atoms with Gasteiger partial charge < -0.3 is 40.3 Å². The molecule has 1 fully saturated rings. The molecule has 0 aromatic rings. The molecule has 6 atom stereocenters. The van der Waals surface area contributed by atoms with E-state index in [1.54, 1.807) is 0 Å². The second-order valence-corrected chi connectivity index (χ2v) is 9.17. The fraction of sp³-hybridized carbons (Fsp3) is 0.920. The van der Waals surface area contributed by atoms with Gasteiger partial charge in [-0.3, -0.25) is 0 Å². The fourth-order valence-electron chi connectivity index (χ4n) is 3.94. The molecule has 8 heteroatoms. The Morgan fingerprint density at radius 2 is 1.42 bits per heavy atom. The number of rotatable bonds is 20. The first-order chi connectivity index (χ1) is 16.0. The third-order valence-corrected chi connectivity index (χ3v) is 6.11. The van der Waals surface area contributed by atoms with Crippen molar-refractivity contribution in [1.29, 1.82) is 0 Å². The van der Waals surface area contributed by atoms with Gasteiger partial charge in [-0.05, 0) is 19.0 Å². The second kappa shape index (κ2) is 19.6. The van der Waals surface area contributed by atoms with Crippen LogP contribution in [-0.4, -0.2) is 82.1 Å². The molecule has 1 unspecified atom stereocenters. The van der Waals surface area contributed by atoms with E-state index in [4.69, 9.17) is 14.6 Å². The van der Waals surface area contributed by atoms with Crippen molar-refractivity contribution in [1.82, 2.24) is 5.32 Å². The van der Waals surface area contributed by atoms with Gasteiger partial charge in [-0.25, -0.2) is 0 Å². The van der Waals surface area contributed by atoms with Gasteiger partial charge in [-0.15, -0.1) is 0 Å². The highest BCUT2D eigenvalue weighted by molar-refractivity contribution is 4.89. The Morgan fingerprint density at radius 1 is 0.848 bits per heavy atom. The predicted molar refractivity (Wildman–Crippen MR) is 129 cm³/mol. The van der Waals surface area contributed by atoms with E-state index in [0.29, 0.717) is 0 Å². The number of ether oxygens (including phenoxy) is 2. The first-order valence-corrected chi connectivity index (χ1v) is 13.0. The van der Waals surface area contributed by atoms with Crippen LogP contribution >= 0.6 is 0 Å². The lowest BCUT2D eigenvalue weighted by molar-refractivity contribution is -0.304. The van der Waals surface area contributed by atoms with E-state index in [9.17, 15) is 20.4 Å². The van der Waals surface area contributed by atoms with Crippen LogP contribution in [0.3, 0.4) is 0 Å². The van der Waals surface area contributed by atoms with Crippen molar-refractivity contribution in [3.05, 3.63) is 12.3 Å². The molecule has 6 N–H and O–H groups in total. The number of unbranched alkanes of at least 4 members (excludes halogenated alkanes) is 12. The van der Waals surface area contributed by atoms with E-state index in [-0.39, 0.29) is 13.2 Å². The van der Waals surface area contributed by atoms with Crippen molar-refractivity contribution < 1.29 is 35.0 Å². The first-order valence-electron chi connectivity index (χ1n) is 13.0. The molecule has 1 heterocycles. The highest BCUT2D eigenvalue weighted by atomic mass is 16.7. The predicted octanol–water partition coefficient (Wildman–Crippen LogP) is 2.36. The lowest BCUT2D eigenvalue weighted by Crippen LogP contribution is -2.59. The molecule has 196 valence electrons. The van der Waals surface area contributed by atoms with Crippen LogP contribution in [0.15, 0.2) is 12.3 Å². The number of hydrogen-bond donors (Lipinski definition) is 6. The van der Waals surface area contributed by atoms with Crippen LogP contribution in [0.4, 0.5) is 0 Å². The summed E-state index contributed by atoms with van der Waals surface area (Å²) in [6.45, 7) is 1.89. The van der Waals surface area contributed by atoms with Gasteiger partial charge in [0.15, 0.2) is 6.29 Å². The molecule has 0 saturated carbocycles. The number of aliphatic hydroxyl groups excluding tert-OH is 5. The quantitative estimate of drug-likeness (QED) is 0.148. The Kier molecular flexibility index (Phi) is 17.9. The van der Waals surface area contributed by atoms with Gasteiger partial charge in [-0.2, -0.15) is 0 Å². The molecule has 0 spiro atoms. The van der Waals surface area contributed by atoms with Crippen molar-refractivity contribution >= 4 is 0 Å². The SMILES string of the molecule is CCCCCCCCCCCCCCC=CNCC(O)CO[C@H]1O[C@H](CO)[C@H](O)[C@H](O)[C@H]1O. The van der Waals surface area contributed by atoms with Crippen LogP contribution in [0.2, 0.25) is 0 Å². The van der Waals surface area contributed by atoms with Gasteiger partial charge >= 0.3 is 0 Å². The summed E-state index contributed by atoms with van der Waals surface area (Å²) in [5.74, 6) is 0. The van der Waals surface area contributed by atoms with Gasteiger partial charge in [-0.1, -0.05) is 83.6 Å². The van der Waals surface area contributed by atoms with E-state index in [2.05, 4.69) is 18.3 Å². The van der Waals surface area contributed by atoms with Gasteiger partial charge in [0, 0.05) is 6.54 Å². The summed E-state index contributed by atoms with van der Waals surface area (Å²) in [6, 6.07) is 0. The number of allylic oxidation sites excluding steroid dienone is 1. The Bertz CT molecular complexity index is 478. The monoisotopic (exact) mass is 475 g/mol. The van der Waals surface area contributed by atoms with Crippen molar-refractivity contribution in [3.63, 3.8) is 0 Å². The fourth-order valence-corrected chi connectivity index (χ4v) is 3.94. The van der Waals surface area contributed by atoms with Crippen LogP contribution in [0.5, 0.6) is 0 Å². The van der Waals surface area contributed by atoms with E-state index < -0.39 is 43.4 Å². The molecule has 0 aliphatic carbocycles. The molecule has 0 amide bonds. The van der Waals surface area contributed by atoms with Crippen LogP contribution in [-0.2, 0) is 9.47 Å². The zero-order valence-corrected chi connectivity index (χ0v) is 20.5. The average molecular weight is 476 g/mol. The smallest absolute Gasteiger partial charge is 0.186 e. The van der Waals surface area contributed by atoms with Crippen LogP contribution in [0.25, 0.3) is 0 Å². The summed E-state index contributed by atoms with van der Waals surface area (Å²) >= 11 is 0. The molecule has 33 heavy (non-hydrogen) atoms. The first kappa shape index (κ1) is 30.3. The zero-order chi connectivity index (χ0) is 24.3. The van der Waals surface area contributed by atoms with Crippen LogP contribution in [0, 0.1) is 0 Å². The Hall–Kier alpha value is -0.740. The molecule has 8 nitrogen and oxygen atoms in total. The van der Waals surface area contributed by atoms with E-state index >= 15 is 0 Å². The Balaban J connectivity index is 1.95. The van der Waals surface area contributed by atoms with Crippen LogP contribution < -0.4 is 5.32 Å². The molecule has 0 aromatic carbocycles. The summed E-state index contributed by atoms with van der Waals surface area (Å²) < 4.78 is 10.6. The Labute approximate surface area is 200 Å². The maximum atomic E-state index is 10.0. The average Bonchev–Trinajstić information content (AvgIpc) is 2.82. The molecular formula is C25H49NO7. The third kappa shape index (κ3) is 13.7. The summed E-state index contributed by atoms with van der Waals surface area (Å²) in [5.41, 5.74) is 0. The molecule has 1 aliphatic heterocycles. The zero-order valence-electron chi connectivity index (χ0n) is 20.5. The lowest BCUT2D eigenvalue weighted by atomic mass is 9.99. The topological polar surface area (TPSA) is 132 Å². The number of aliphatic hydroxyl groups is 5. The maximum Gasteiger partial charge on any atom is 0.186 e. The standard InChI is InChI=1S/C25H49NO7/c1-2-3-4-5-6-7-8-9-10-11-12-13-14-15-16-26-17-20(28)19-32-25-24(31)23(30)22(29)21(18-27)33-25/h15-16,20-31H,2-14,17-19H2,1H3/t20?,21-,22+,23+,24-,25+/m1/s1. The van der Waals surface area contributed by atoms with Gasteiger partial charge in [0.2, 0.25) is 0 Å². The molecule has 0 bridgehead atoms. The highest BCUT2D eigenvalue weighted by Crippen LogP contribution is 2.22. The Morgan fingerprint density at radius 3 is 2.00 bits per heavy atom. The van der Waals surface area contributed by atoms with Gasteiger partial charge in [0.1, 0.15) is 24.4 Å². The van der Waals surface area contributed by atoms with E-state index in [0.717, 1.165) is 12.8 Å². The van der Waals surface area contributed by atoms with Crippen molar-refractivity contribution in [3.8, 4) is 0 Å². The van der Waals surface area contributed by atoms with Crippen LogP contribution in [0.1, 0.15) is 90.4 Å². The summed E-state index contributed by atoms with van der Waals surface area (Å²) in [7, 11) is 0. The molecule has 1 aliphatic rings. The number of hydrogen-bond acceptors (Lipinski definition) is 8. The number of nitrogens with one attached hydrogen (secondary N) is 1. The van der Waals surface area contributed by atoms with Crippen molar-refractivity contribution in [2.45, 2.75) is 127 Å². The van der Waals surface area contributed by atoms with E-state index in [1.165, 1.54) is 70.6 Å². The molecule has 1 rings (SSSR count).